The van der Waals surface area contributed by atoms with Gasteiger partial charge in [0.1, 0.15) is 0 Å². The van der Waals surface area contributed by atoms with Crippen molar-refractivity contribution in [1.29, 1.82) is 0 Å². The van der Waals surface area contributed by atoms with Gasteiger partial charge in [0.2, 0.25) is 11.8 Å². The molecule has 25 heavy (non-hydrogen) atoms. The number of hydrogen-bond donors (Lipinski definition) is 1. The quantitative estimate of drug-likeness (QED) is 0.872. The molecule has 6 heteroatoms. The SMILES string of the molecule is O=C(NCC1CC1)[C@H]1CN(C(=O)Cc2cccs2)CC12CCOCC2. The van der Waals surface area contributed by atoms with E-state index in [-0.39, 0.29) is 23.1 Å². The van der Waals surface area contributed by atoms with E-state index in [2.05, 4.69) is 5.32 Å². The molecule has 0 bridgehead atoms. The smallest absolute Gasteiger partial charge is 0.227 e. The van der Waals surface area contributed by atoms with Crippen molar-refractivity contribution < 1.29 is 14.3 Å². The highest BCUT2D eigenvalue weighted by atomic mass is 32.1. The molecule has 4 rings (SSSR count). The van der Waals surface area contributed by atoms with Crippen LogP contribution in [0.2, 0.25) is 0 Å². The number of ether oxygens (including phenoxy) is 1. The minimum absolute atomic E-state index is 0.0950. The molecule has 3 heterocycles. The van der Waals surface area contributed by atoms with E-state index in [1.807, 2.05) is 22.4 Å². The molecule has 2 amide bonds. The van der Waals surface area contributed by atoms with Crippen LogP contribution in [0.1, 0.15) is 30.6 Å². The molecule has 1 aromatic heterocycles. The molecule has 1 atom stereocenters. The number of nitrogens with one attached hydrogen (secondary N) is 1. The summed E-state index contributed by atoms with van der Waals surface area (Å²) in [6, 6.07) is 3.98. The van der Waals surface area contributed by atoms with Crippen LogP contribution in [0.5, 0.6) is 0 Å². The first-order valence-corrected chi connectivity index (χ1v) is 10.2. The second-order valence-electron chi connectivity index (χ2n) is 7.75. The molecule has 136 valence electrons. The number of likely N-dealkylation sites (tertiary alicyclic amines) is 1. The van der Waals surface area contributed by atoms with Crippen LogP contribution in [0.25, 0.3) is 0 Å². The molecule has 0 aromatic carbocycles. The van der Waals surface area contributed by atoms with Crippen molar-refractivity contribution in [3.8, 4) is 0 Å². The van der Waals surface area contributed by atoms with Crippen molar-refractivity contribution >= 4 is 23.2 Å². The van der Waals surface area contributed by atoms with Crippen LogP contribution in [-0.2, 0) is 20.7 Å². The predicted octanol–water partition coefficient (Wildman–Crippen LogP) is 2.07. The Morgan fingerprint density at radius 3 is 2.80 bits per heavy atom. The van der Waals surface area contributed by atoms with Crippen molar-refractivity contribution in [3.05, 3.63) is 22.4 Å². The Hall–Kier alpha value is -1.40. The fourth-order valence-corrected chi connectivity index (χ4v) is 4.86. The normalized spacial score (nSPS) is 25.3. The molecule has 1 aliphatic carbocycles. The van der Waals surface area contributed by atoms with E-state index in [1.54, 1.807) is 11.3 Å². The topological polar surface area (TPSA) is 58.6 Å². The number of rotatable bonds is 5. The summed E-state index contributed by atoms with van der Waals surface area (Å²) in [4.78, 5) is 28.6. The molecule has 1 N–H and O–H groups in total. The molecule has 3 aliphatic rings. The number of nitrogens with zero attached hydrogens (tertiary/aromatic N) is 1. The molecule has 1 spiro atoms. The third kappa shape index (κ3) is 3.75. The third-order valence-electron chi connectivity index (χ3n) is 5.97. The van der Waals surface area contributed by atoms with Gasteiger partial charge in [-0.1, -0.05) is 6.07 Å². The van der Waals surface area contributed by atoms with Crippen molar-refractivity contribution in [2.75, 3.05) is 32.8 Å². The van der Waals surface area contributed by atoms with Crippen molar-refractivity contribution in [2.45, 2.75) is 32.1 Å². The highest BCUT2D eigenvalue weighted by Gasteiger charge is 2.51. The van der Waals surface area contributed by atoms with Crippen molar-refractivity contribution in [2.24, 2.45) is 17.3 Å². The van der Waals surface area contributed by atoms with E-state index in [1.165, 1.54) is 12.8 Å². The summed E-state index contributed by atoms with van der Waals surface area (Å²) in [5.74, 6) is 0.862. The number of thiophene rings is 1. The Morgan fingerprint density at radius 1 is 1.32 bits per heavy atom. The van der Waals surface area contributed by atoms with Gasteiger partial charge in [0, 0.05) is 43.1 Å². The Bertz CT molecular complexity index is 621. The first kappa shape index (κ1) is 17.0. The fraction of sp³-hybridized carbons (Fsp3) is 0.684. The van der Waals surface area contributed by atoms with Crippen molar-refractivity contribution in [3.63, 3.8) is 0 Å². The average Bonchev–Trinajstić information content (AvgIpc) is 3.18. The van der Waals surface area contributed by atoms with E-state index in [0.29, 0.717) is 38.6 Å². The zero-order valence-electron chi connectivity index (χ0n) is 14.5. The van der Waals surface area contributed by atoms with Crippen LogP contribution in [-0.4, -0.2) is 49.6 Å². The lowest BCUT2D eigenvalue weighted by Crippen LogP contribution is -2.44. The monoisotopic (exact) mass is 362 g/mol. The summed E-state index contributed by atoms with van der Waals surface area (Å²) >= 11 is 1.62. The van der Waals surface area contributed by atoms with Crippen LogP contribution in [0.4, 0.5) is 0 Å². The van der Waals surface area contributed by atoms with Gasteiger partial charge in [0.05, 0.1) is 12.3 Å². The minimum Gasteiger partial charge on any atom is -0.381 e. The maximum atomic E-state index is 12.8. The van der Waals surface area contributed by atoms with E-state index in [4.69, 9.17) is 4.74 Å². The minimum atomic E-state index is -0.100. The van der Waals surface area contributed by atoms with Crippen LogP contribution in [0, 0.1) is 17.3 Å². The number of amides is 2. The lowest BCUT2D eigenvalue weighted by atomic mass is 9.71. The molecule has 5 nitrogen and oxygen atoms in total. The second-order valence-corrected chi connectivity index (χ2v) is 8.78. The second kappa shape index (κ2) is 7.08. The summed E-state index contributed by atoms with van der Waals surface area (Å²) in [6.45, 7) is 3.44. The Labute approximate surface area is 152 Å². The molecule has 1 saturated carbocycles. The van der Waals surface area contributed by atoms with Gasteiger partial charge in [-0.05, 0) is 43.0 Å². The van der Waals surface area contributed by atoms with Gasteiger partial charge in [-0.25, -0.2) is 0 Å². The van der Waals surface area contributed by atoms with Crippen molar-refractivity contribution in [1.82, 2.24) is 10.2 Å². The van der Waals surface area contributed by atoms with Crippen LogP contribution >= 0.6 is 11.3 Å². The van der Waals surface area contributed by atoms with Gasteiger partial charge < -0.3 is 15.0 Å². The summed E-state index contributed by atoms with van der Waals surface area (Å²) in [5.41, 5.74) is -0.100. The number of carbonyl (C=O) groups is 2. The maximum absolute atomic E-state index is 12.8. The molecular weight excluding hydrogens is 336 g/mol. The fourth-order valence-electron chi connectivity index (χ4n) is 4.17. The maximum Gasteiger partial charge on any atom is 0.227 e. The van der Waals surface area contributed by atoms with Gasteiger partial charge in [0.15, 0.2) is 0 Å². The Morgan fingerprint density at radius 2 is 2.12 bits per heavy atom. The lowest BCUT2D eigenvalue weighted by Gasteiger charge is -2.37. The first-order valence-electron chi connectivity index (χ1n) is 9.32. The summed E-state index contributed by atoms with van der Waals surface area (Å²) in [6.07, 6.45) is 4.65. The molecule has 0 unspecified atom stereocenters. The van der Waals surface area contributed by atoms with E-state index >= 15 is 0 Å². The van der Waals surface area contributed by atoms with Gasteiger partial charge in [-0.2, -0.15) is 0 Å². The van der Waals surface area contributed by atoms with E-state index in [0.717, 1.165) is 24.3 Å². The van der Waals surface area contributed by atoms with Crippen LogP contribution in [0.15, 0.2) is 17.5 Å². The largest absolute Gasteiger partial charge is 0.381 e. The molecule has 1 aromatic rings. The molecule has 3 fully saturated rings. The molecular formula is C19H26N2O3S. The molecule has 2 saturated heterocycles. The van der Waals surface area contributed by atoms with Crippen LogP contribution in [0.3, 0.4) is 0 Å². The summed E-state index contributed by atoms with van der Waals surface area (Å²) in [5, 5.41) is 5.15. The van der Waals surface area contributed by atoms with Gasteiger partial charge in [-0.3, -0.25) is 9.59 Å². The summed E-state index contributed by atoms with van der Waals surface area (Å²) in [7, 11) is 0. The zero-order chi connectivity index (χ0) is 17.3. The Balaban J connectivity index is 1.45. The molecule has 0 radical (unpaired) electrons. The highest BCUT2D eigenvalue weighted by Crippen LogP contribution is 2.44. The average molecular weight is 362 g/mol. The number of carbonyl (C=O) groups excluding carboxylic acids is 2. The third-order valence-corrected chi connectivity index (χ3v) is 6.85. The predicted molar refractivity (Wildman–Crippen MR) is 96.3 cm³/mol. The van der Waals surface area contributed by atoms with Gasteiger partial charge in [0.25, 0.3) is 0 Å². The van der Waals surface area contributed by atoms with Gasteiger partial charge >= 0.3 is 0 Å². The lowest BCUT2D eigenvalue weighted by molar-refractivity contribution is -0.130. The zero-order valence-corrected chi connectivity index (χ0v) is 15.4. The van der Waals surface area contributed by atoms with Gasteiger partial charge in [-0.15, -0.1) is 11.3 Å². The Kier molecular flexibility index (Phi) is 4.82. The number of hydrogen-bond acceptors (Lipinski definition) is 4. The highest BCUT2D eigenvalue weighted by molar-refractivity contribution is 7.10. The molecule has 2 aliphatic heterocycles. The summed E-state index contributed by atoms with van der Waals surface area (Å²) < 4.78 is 5.54. The van der Waals surface area contributed by atoms with Crippen LogP contribution < -0.4 is 5.32 Å². The van der Waals surface area contributed by atoms with E-state index < -0.39 is 0 Å². The van der Waals surface area contributed by atoms with E-state index in [9.17, 15) is 9.59 Å². The standard InChI is InChI=1S/C19H26N2O3S/c22-17(10-15-2-1-9-25-15)21-12-16(18(23)20-11-14-3-4-14)19(13-21)5-7-24-8-6-19/h1-2,9,14,16H,3-8,10-13H2,(H,20,23)/t16-/m1/s1. The first-order chi connectivity index (χ1) is 12.2.